The van der Waals surface area contributed by atoms with Gasteiger partial charge in [0.05, 0.1) is 7.11 Å². The monoisotopic (exact) mass is 221 g/mol. The molecule has 0 N–H and O–H groups in total. The van der Waals surface area contributed by atoms with E-state index in [2.05, 4.69) is 14.5 Å². The van der Waals surface area contributed by atoms with E-state index < -0.39 is 18.2 Å². The van der Waals surface area contributed by atoms with E-state index in [4.69, 9.17) is 0 Å². The highest BCUT2D eigenvalue weighted by molar-refractivity contribution is 5.91. The molecule has 1 rings (SSSR count). The molecule has 0 bridgehead atoms. The van der Waals surface area contributed by atoms with Gasteiger partial charge < -0.3 is 9.47 Å². The van der Waals surface area contributed by atoms with Crippen molar-refractivity contribution in [2.45, 2.75) is 6.36 Å². The van der Waals surface area contributed by atoms with E-state index >= 15 is 0 Å². The summed E-state index contributed by atoms with van der Waals surface area (Å²) in [5.74, 6) is -1.76. The summed E-state index contributed by atoms with van der Waals surface area (Å²) in [6, 6.07) is 2.43. The molecule has 82 valence electrons. The molecule has 0 aromatic carbocycles. The molecule has 4 nitrogen and oxygen atoms in total. The van der Waals surface area contributed by atoms with Crippen molar-refractivity contribution in [1.82, 2.24) is 4.98 Å². The fraction of sp³-hybridized carbons (Fsp3) is 0.250. The summed E-state index contributed by atoms with van der Waals surface area (Å²) in [4.78, 5) is 14.3. The van der Waals surface area contributed by atoms with Crippen LogP contribution in [0.1, 0.15) is 10.4 Å². The van der Waals surface area contributed by atoms with Crippen LogP contribution in [-0.2, 0) is 4.74 Å². The van der Waals surface area contributed by atoms with Crippen molar-refractivity contribution in [1.29, 1.82) is 0 Å². The molecule has 0 aliphatic heterocycles. The van der Waals surface area contributed by atoms with E-state index in [1.807, 2.05) is 0 Å². The van der Waals surface area contributed by atoms with Gasteiger partial charge >= 0.3 is 12.3 Å². The van der Waals surface area contributed by atoms with Gasteiger partial charge in [-0.2, -0.15) is 0 Å². The highest BCUT2D eigenvalue weighted by atomic mass is 19.4. The summed E-state index contributed by atoms with van der Waals surface area (Å²) in [6.07, 6.45) is -3.81. The van der Waals surface area contributed by atoms with Crippen LogP contribution in [0.4, 0.5) is 13.2 Å². The van der Waals surface area contributed by atoms with Crippen molar-refractivity contribution in [2.24, 2.45) is 0 Å². The molecule has 0 saturated carbocycles. The van der Waals surface area contributed by atoms with E-state index in [1.165, 1.54) is 6.07 Å². The third-order valence-corrected chi connectivity index (χ3v) is 1.39. The van der Waals surface area contributed by atoms with Gasteiger partial charge in [0.2, 0.25) is 5.88 Å². The Morgan fingerprint density at radius 2 is 2.13 bits per heavy atom. The van der Waals surface area contributed by atoms with Gasteiger partial charge in [-0.3, -0.25) is 0 Å². The van der Waals surface area contributed by atoms with Crippen molar-refractivity contribution < 1.29 is 27.4 Å². The van der Waals surface area contributed by atoms with Crippen molar-refractivity contribution in [3.05, 3.63) is 23.9 Å². The lowest BCUT2D eigenvalue weighted by Crippen LogP contribution is -2.20. The molecule has 1 heterocycles. The second-order valence-corrected chi connectivity index (χ2v) is 2.40. The van der Waals surface area contributed by atoms with Crippen LogP contribution in [0.25, 0.3) is 0 Å². The Kier molecular flexibility index (Phi) is 3.13. The third kappa shape index (κ3) is 3.12. The zero-order chi connectivity index (χ0) is 11.5. The van der Waals surface area contributed by atoms with Crippen LogP contribution in [0.5, 0.6) is 5.88 Å². The average Bonchev–Trinajstić information content (AvgIpc) is 2.15. The number of alkyl halides is 3. The molecule has 7 heteroatoms. The number of hydrogen-bond donors (Lipinski definition) is 0. The van der Waals surface area contributed by atoms with Gasteiger partial charge in [-0.25, -0.2) is 9.78 Å². The number of aromatic nitrogens is 1. The second-order valence-electron chi connectivity index (χ2n) is 2.40. The minimum Gasteiger partial charge on any atom is -0.465 e. The van der Waals surface area contributed by atoms with E-state index in [0.717, 1.165) is 19.4 Å². The van der Waals surface area contributed by atoms with Crippen LogP contribution in [-0.4, -0.2) is 24.4 Å². The van der Waals surface area contributed by atoms with E-state index in [0.29, 0.717) is 0 Å². The summed E-state index contributed by atoms with van der Waals surface area (Å²) >= 11 is 0. The lowest BCUT2D eigenvalue weighted by atomic mass is 10.3. The quantitative estimate of drug-likeness (QED) is 0.714. The Labute approximate surface area is 82.6 Å². The molecule has 1 aromatic heterocycles. The molecule has 0 unspecified atom stereocenters. The number of rotatable bonds is 2. The predicted molar refractivity (Wildman–Crippen MR) is 42.3 cm³/mol. The summed E-state index contributed by atoms with van der Waals surface area (Å²) in [7, 11) is 1.05. The number of carbonyl (C=O) groups is 1. The number of carbonyl (C=O) groups excluding carboxylic acids is 1. The van der Waals surface area contributed by atoms with Crippen LogP contribution in [0, 0.1) is 0 Å². The number of halogens is 3. The van der Waals surface area contributed by atoms with Gasteiger partial charge in [0, 0.05) is 6.20 Å². The van der Waals surface area contributed by atoms with Gasteiger partial charge in [0.1, 0.15) is 5.56 Å². The topological polar surface area (TPSA) is 48.4 Å². The normalized spacial score (nSPS) is 10.9. The number of pyridine rings is 1. The molecule has 0 aliphatic carbocycles. The minimum atomic E-state index is -4.89. The predicted octanol–water partition coefficient (Wildman–Crippen LogP) is 1.77. The van der Waals surface area contributed by atoms with Crippen LogP contribution in [0.3, 0.4) is 0 Å². The molecular formula is C8H6F3NO3. The van der Waals surface area contributed by atoms with Gasteiger partial charge in [0.15, 0.2) is 0 Å². The summed E-state index contributed by atoms with van der Waals surface area (Å²) in [5, 5.41) is 0. The molecule has 1 aromatic rings. The fourth-order valence-electron chi connectivity index (χ4n) is 0.847. The Bertz CT molecular complexity index is 364. The fourth-order valence-corrected chi connectivity index (χ4v) is 0.847. The van der Waals surface area contributed by atoms with Crippen molar-refractivity contribution in [3.8, 4) is 5.88 Å². The van der Waals surface area contributed by atoms with Crippen LogP contribution >= 0.6 is 0 Å². The first kappa shape index (κ1) is 11.3. The lowest BCUT2D eigenvalue weighted by molar-refractivity contribution is -0.276. The molecule has 15 heavy (non-hydrogen) atoms. The molecule has 0 radical (unpaired) electrons. The third-order valence-electron chi connectivity index (χ3n) is 1.39. The first-order valence-corrected chi connectivity index (χ1v) is 3.73. The van der Waals surface area contributed by atoms with Gasteiger partial charge in [-0.1, -0.05) is 0 Å². The Hall–Kier alpha value is -1.79. The Morgan fingerprint density at radius 3 is 2.67 bits per heavy atom. The van der Waals surface area contributed by atoms with E-state index in [9.17, 15) is 18.0 Å². The standard InChI is InChI=1S/C8H6F3NO3/c1-14-7(13)5-3-2-4-12-6(5)15-8(9,10)11/h2-4H,1H3. The molecular weight excluding hydrogens is 215 g/mol. The highest BCUT2D eigenvalue weighted by Gasteiger charge is 2.33. The van der Waals surface area contributed by atoms with Gasteiger partial charge in [0.25, 0.3) is 0 Å². The maximum absolute atomic E-state index is 11.9. The van der Waals surface area contributed by atoms with Crippen molar-refractivity contribution in [3.63, 3.8) is 0 Å². The maximum Gasteiger partial charge on any atom is 0.574 e. The summed E-state index contributed by atoms with van der Waals surface area (Å²) < 4.78 is 43.4. The Balaban J connectivity index is 3.02. The largest absolute Gasteiger partial charge is 0.574 e. The van der Waals surface area contributed by atoms with Crippen LogP contribution < -0.4 is 4.74 Å². The minimum absolute atomic E-state index is 0.377. The van der Waals surface area contributed by atoms with Crippen LogP contribution in [0.2, 0.25) is 0 Å². The lowest BCUT2D eigenvalue weighted by Gasteiger charge is -2.10. The molecule has 0 saturated heterocycles. The summed E-state index contributed by atoms with van der Waals surface area (Å²) in [6.45, 7) is 0. The number of methoxy groups -OCH3 is 1. The maximum atomic E-state index is 11.9. The molecule has 0 amide bonds. The smallest absolute Gasteiger partial charge is 0.465 e. The van der Waals surface area contributed by atoms with Crippen molar-refractivity contribution in [2.75, 3.05) is 7.11 Å². The molecule has 0 atom stereocenters. The number of nitrogens with zero attached hydrogens (tertiary/aromatic N) is 1. The van der Waals surface area contributed by atoms with Gasteiger partial charge in [-0.15, -0.1) is 13.2 Å². The molecule has 0 aliphatic rings. The van der Waals surface area contributed by atoms with E-state index in [-0.39, 0.29) is 5.56 Å². The number of esters is 1. The zero-order valence-electron chi connectivity index (χ0n) is 7.54. The van der Waals surface area contributed by atoms with E-state index in [1.54, 1.807) is 0 Å². The van der Waals surface area contributed by atoms with Gasteiger partial charge in [-0.05, 0) is 12.1 Å². The first-order valence-electron chi connectivity index (χ1n) is 3.73. The van der Waals surface area contributed by atoms with Crippen LogP contribution in [0.15, 0.2) is 18.3 Å². The SMILES string of the molecule is COC(=O)c1cccnc1OC(F)(F)F. The average molecular weight is 221 g/mol. The second kappa shape index (κ2) is 4.16. The molecule has 0 spiro atoms. The highest BCUT2D eigenvalue weighted by Crippen LogP contribution is 2.24. The number of hydrogen-bond acceptors (Lipinski definition) is 4. The van der Waals surface area contributed by atoms with Crippen molar-refractivity contribution >= 4 is 5.97 Å². The summed E-state index contributed by atoms with van der Waals surface area (Å²) in [5.41, 5.74) is -0.377. The molecule has 0 fully saturated rings. The zero-order valence-corrected chi connectivity index (χ0v) is 7.54. The first-order chi connectivity index (χ1) is 6.94. The Morgan fingerprint density at radius 1 is 1.47 bits per heavy atom. The number of ether oxygens (including phenoxy) is 2.